The van der Waals surface area contributed by atoms with Crippen molar-refractivity contribution in [2.24, 2.45) is 0 Å². The standard InChI is InChI=1S/C19H18N2O2/c22-19(13-15-5-2-1-3-6-15)21-11-12-23-17-8-9-18-16(14-17)7-4-10-20-18/h1-10,14H,11-13H2,(H,21,22). The zero-order valence-corrected chi connectivity index (χ0v) is 12.7. The molecule has 0 atom stereocenters. The van der Waals surface area contributed by atoms with Crippen LogP contribution in [0.3, 0.4) is 0 Å². The van der Waals surface area contributed by atoms with Gasteiger partial charge in [0.2, 0.25) is 5.91 Å². The van der Waals surface area contributed by atoms with Crippen molar-refractivity contribution in [3.05, 3.63) is 72.4 Å². The number of nitrogens with one attached hydrogen (secondary N) is 1. The summed E-state index contributed by atoms with van der Waals surface area (Å²) >= 11 is 0. The summed E-state index contributed by atoms with van der Waals surface area (Å²) in [5, 5.41) is 3.90. The third-order valence-electron chi connectivity index (χ3n) is 3.47. The maximum absolute atomic E-state index is 11.8. The molecule has 0 aliphatic heterocycles. The molecule has 4 heteroatoms. The Morgan fingerprint density at radius 3 is 2.78 bits per heavy atom. The second-order valence-electron chi connectivity index (χ2n) is 5.22. The van der Waals surface area contributed by atoms with Crippen LogP contribution in [-0.4, -0.2) is 24.0 Å². The van der Waals surface area contributed by atoms with Gasteiger partial charge in [0.1, 0.15) is 12.4 Å². The molecule has 0 saturated carbocycles. The summed E-state index contributed by atoms with van der Waals surface area (Å²) in [7, 11) is 0. The van der Waals surface area contributed by atoms with Crippen LogP contribution in [0.15, 0.2) is 66.9 Å². The monoisotopic (exact) mass is 306 g/mol. The number of carbonyl (C=O) groups is 1. The van der Waals surface area contributed by atoms with Crippen LogP contribution in [0.5, 0.6) is 5.75 Å². The fourth-order valence-electron chi connectivity index (χ4n) is 2.35. The molecule has 3 rings (SSSR count). The molecule has 23 heavy (non-hydrogen) atoms. The lowest BCUT2D eigenvalue weighted by Gasteiger charge is -2.08. The van der Waals surface area contributed by atoms with Gasteiger partial charge in [0.25, 0.3) is 0 Å². The number of carbonyl (C=O) groups excluding carboxylic acids is 1. The number of aromatic nitrogens is 1. The van der Waals surface area contributed by atoms with Crippen LogP contribution in [0.25, 0.3) is 10.9 Å². The van der Waals surface area contributed by atoms with Gasteiger partial charge in [0.15, 0.2) is 0 Å². The molecule has 116 valence electrons. The lowest BCUT2D eigenvalue weighted by Crippen LogP contribution is -2.29. The van der Waals surface area contributed by atoms with Gasteiger partial charge in [-0.25, -0.2) is 0 Å². The largest absolute Gasteiger partial charge is 0.492 e. The van der Waals surface area contributed by atoms with Crippen LogP contribution in [0.1, 0.15) is 5.56 Å². The van der Waals surface area contributed by atoms with Gasteiger partial charge >= 0.3 is 0 Å². The zero-order chi connectivity index (χ0) is 15.9. The molecule has 1 N–H and O–H groups in total. The van der Waals surface area contributed by atoms with Crippen molar-refractivity contribution < 1.29 is 9.53 Å². The first-order valence-electron chi connectivity index (χ1n) is 7.59. The summed E-state index contributed by atoms with van der Waals surface area (Å²) in [5.74, 6) is 0.783. The molecule has 4 nitrogen and oxygen atoms in total. The van der Waals surface area contributed by atoms with Crippen molar-refractivity contribution in [3.8, 4) is 5.75 Å². The summed E-state index contributed by atoms with van der Waals surface area (Å²) in [4.78, 5) is 16.1. The van der Waals surface area contributed by atoms with Gasteiger partial charge in [-0.15, -0.1) is 0 Å². The number of rotatable bonds is 6. The van der Waals surface area contributed by atoms with Gasteiger partial charge in [-0.1, -0.05) is 36.4 Å². The number of amides is 1. The SMILES string of the molecule is O=C(Cc1ccccc1)NCCOc1ccc2ncccc2c1. The molecule has 2 aromatic carbocycles. The third-order valence-corrected chi connectivity index (χ3v) is 3.47. The molecule has 0 spiro atoms. The topological polar surface area (TPSA) is 51.2 Å². The highest BCUT2D eigenvalue weighted by molar-refractivity contribution is 5.80. The first kappa shape index (κ1) is 15.0. The van der Waals surface area contributed by atoms with E-state index in [-0.39, 0.29) is 5.91 Å². The van der Waals surface area contributed by atoms with Crippen LogP contribution in [-0.2, 0) is 11.2 Å². The molecule has 0 bridgehead atoms. The summed E-state index contributed by atoms with van der Waals surface area (Å²) < 4.78 is 5.67. The highest BCUT2D eigenvalue weighted by atomic mass is 16.5. The predicted molar refractivity (Wildman–Crippen MR) is 90.4 cm³/mol. The van der Waals surface area contributed by atoms with Crippen molar-refractivity contribution >= 4 is 16.8 Å². The minimum atomic E-state index is 0.00233. The Morgan fingerprint density at radius 1 is 1.04 bits per heavy atom. The Bertz CT molecular complexity index is 787. The predicted octanol–water partition coefficient (Wildman–Crippen LogP) is 2.97. The fourth-order valence-corrected chi connectivity index (χ4v) is 2.35. The molecule has 3 aromatic rings. The van der Waals surface area contributed by atoms with Gasteiger partial charge in [-0.3, -0.25) is 9.78 Å². The van der Waals surface area contributed by atoms with Crippen LogP contribution in [0.4, 0.5) is 0 Å². The Balaban J connectivity index is 1.44. The lowest BCUT2D eigenvalue weighted by molar-refractivity contribution is -0.120. The summed E-state index contributed by atoms with van der Waals surface area (Å²) in [5.41, 5.74) is 1.95. The summed E-state index contributed by atoms with van der Waals surface area (Å²) in [6.07, 6.45) is 2.16. The normalized spacial score (nSPS) is 10.4. The second kappa shape index (κ2) is 7.40. The molecule has 0 unspecified atom stereocenters. The number of fused-ring (bicyclic) bond motifs is 1. The Kier molecular flexibility index (Phi) is 4.84. The van der Waals surface area contributed by atoms with Crippen molar-refractivity contribution in [1.82, 2.24) is 10.3 Å². The zero-order valence-electron chi connectivity index (χ0n) is 12.7. The first-order valence-corrected chi connectivity index (χ1v) is 7.59. The molecule has 0 fully saturated rings. The van der Waals surface area contributed by atoms with Gasteiger partial charge in [-0.05, 0) is 29.8 Å². The highest BCUT2D eigenvalue weighted by Gasteiger charge is 2.02. The first-order chi connectivity index (χ1) is 11.3. The molecule has 0 radical (unpaired) electrons. The maximum Gasteiger partial charge on any atom is 0.224 e. The van der Waals surface area contributed by atoms with E-state index < -0.39 is 0 Å². The molecule has 1 amide bonds. The molecule has 0 aliphatic rings. The van der Waals surface area contributed by atoms with E-state index >= 15 is 0 Å². The van der Waals surface area contributed by atoms with Crippen molar-refractivity contribution in [2.45, 2.75) is 6.42 Å². The van der Waals surface area contributed by atoms with E-state index in [0.717, 1.165) is 22.2 Å². The Labute approximate surface area is 135 Å². The van der Waals surface area contributed by atoms with Gasteiger partial charge in [0, 0.05) is 11.6 Å². The lowest BCUT2D eigenvalue weighted by atomic mass is 10.1. The quantitative estimate of drug-likeness (QED) is 0.712. The molecule has 0 aliphatic carbocycles. The second-order valence-corrected chi connectivity index (χ2v) is 5.22. The van der Waals surface area contributed by atoms with E-state index in [1.165, 1.54) is 0 Å². The minimum absolute atomic E-state index is 0.00233. The van der Waals surface area contributed by atoms with Crippen LogP contribution in [0.2, 0.25) is 0 Å². The molecular weight excluding hydrogens is 288 g/mol. The van der Waals surface area contributed by atoms with E-state index in [1.807, 2.05) is 60.7 Å². The average Bonchev–Trinajstić information content (AvgIpc) is 2.59. The van der Waals surface area contributed by atoms with Crippen LogP contribution < -0.4 is 10.1 Å². The van der Waals surface area contributed by atoms with Gasteiger partial charge in [-0.2, -0.15) is 0 Å². The maximum atomic E-state index is 11.8. The fraction of sp³-hybridized carbons (Fsp3) is 0.158. The van der Waals surface area contributed by atoms with Crippen molar-refractivity contribution in [2.75, 3.05) is 13.2 Å². The number of hydrogen-bond acceptors (Lipinski definition) is 3. The highest BCUT2D eigenvalue weighted by Crippen LogP contribution is 2.18. The average molecular weight is 306 g/mol. The Morgan fingerprint density at radius 2 is 1.91 bits per heavy atom. The van der Waals surface area contributed by atoms with Crippen LogP contribution >= 0.6 is 0 Å². The molecule has 1 aromatic heterocycles. The van der Waals surface area contributed by atoms with Gasteiger partial charge < -0.3 is 10.1 Å². The van der Waals surface area contributed by atoms with Crippen LogP contribution in [0, 0.1) is 0 Å². The third kappa shape index (κ3) is 4.30. The number of hydrogen-bond donors (Lipinski definition) is 1. The minimum Gasteiger partial charge on any atom is -0.492 e. The molecule has 0 saturated heterocycles. The summed E-state index contributed by atoms with van der Waals surface area (Å²) in [6.45, 7) is 0.920. The number of ether oxygens (including phenoxy) is 1. The van der Waals surface area contributed by atoms with Crippen molar-refractivity contribution in [1.29, 1.82) is 0 Å². The van der Waals surface area contributed by atoms with E-state index in [1.54, 1.807) is 6.20 Å². The Hall–Kier alpha value is -2.88. The molecular formula is C19H18N2O2. The van der Waals surface area contributed by atoms with Crippen molar-refractivity contribution in [3.63, 3.8) is 0 Å². The van der Waals surface area contributed by atoms with E-state index in [0.29, 0.717) is 19.6 Å². The number of pyridine rings is 1. The number of benzene rings is 2. The van der Waals surface area contributed by atoms with E-state index in [2.05, 4.69) is 10.3 Å². The van der Waals surface area contributed by atoms with Gasteiger partial charge in [0.05, 0.1) is 18.5 Å². The summed E-state index contributed by atoms with van der Waals surface area (Å²) in [6, 6.07) is 19.4. The van der Waals surface area contributed by atoms with E-state index in [9.17, 15) is 4.79 Å². The smallest absolute Gasteiger partial charge is 0.224 e. The number of nitrogens with zero attached hydrogens (tertiary/aromatic N) is 1. The molecule has 1 heterocycles. The van der Waals surface area contributed by atoms with E-state index in [4.69, 9.17) is 4.74 Å².